The average molecular weight is 449 g/mol. The molecular formula is C21H14ClFN8O. The van der Waals surface area contributed by atoms with Crippen LogP contribution in [0.2, 0.25) is 5.02 Å². The molecule has 9 nitrogen and oxygen atoms in total. The zero-order valence-electron chi connectivity index (χ0n) is 16.5. The number of benzene rings is 1. The fourth-order valence-electron chi connectivity index (χ4n) is 3.61. The maximum Gasteiger partial charge on any atom is 0.284 e. The lowest BCUT2D eigenvalue weighted by molar-refractivity contribution is 0.622. The first kappa shape index (κ1) is 19.7. The highest BCUT2D eigenvalue weighted by molar-refractivity contribution is 6.33. The summed E-state index contributed by atoms with van der Waals surface area (Å²) in [5.41, 5.74) is 0.905. The molecule has 0 fully saturated rings. The minimum Gasteiger partial charge on any atom is -0.361 e. The molecule has 1 atom stereocenters. The summed E-state index contributed by atoms with van der Waals surface area (Å²) in [4.78, 5) is 28.2. The van der Waals surface area contributed by atoms with Gasteiger partial charge in [-0.2, -0.15) is 5.10 Å². The molecule has 5 rings (SSSR count). The van der Waals surface area contributed by atoms with Crippen molar-refractivity contribution < 1.29 is 4.39 Å². The molecule has 1 aromatic carbocycles. The zero-order chi connectivity index (χ0) is 22.4. The van der Waals surface area contributed by atoms with E-state index in [4.69, 9.17) is 18.2 Å². The number of aromatic nitrogens is 6. The molecule has 4 heterocycles. The summed E-state index contributed by atoms with van der Waals surface area (Å²) in [6.07, 6.45) is 4.50. The maximum atomic E-state index is 14.0. The Hall–Kier alpha value is -4.23. The number of anilines is 1. The van der Waals surface area contributed by atoms with Crippen LogP contribution in [0.15, 0.2) is 53.8 Å². The fourth-order valence-corrected chi connectivity index (χ4v) is 3.83. The van der Waals surface area contributed by atoms with Gasteiger partial charge in [-0.05, 0) is 31.2 Å². The summed E-state index contributed by atoms with van der Waals surface area (Å²) in [7, 11) is 0. The molecule has 0 saturated heterocycles. The molecule has 5 aromatic rings. The number of halogens is 2. The van der Waals surface area contributed by atoms with Crippen molar-refractivity contribution in [1.82, 2.24) is 29.1 Å². The Morgan fingerprint density at radius 2 is 2.16 bits per heavy atom. The molecule has 158 valence electrons. The second kappa shape index (κ2) is 7.47. The highest BCUT2D eigenvalue weighted by Gasteiger charge is 2.22. The van der Waals surface area contributed by atoms with Crippen molar-refractivity contribution in [1.29, 1.82) is 0 Å². The minimum atomic E-state index is -0.567. The molecule has 0 radical (unpaired) electrons. The van der Waals surface area contributed by atoms with Crippen molar-refractivity contribution in [3.8, 4) is 5.69 Å². The van der Waals surface area contributed by atoms with E-state index in [1.54, 1.807) is 31.5 Å². The van der Waals surface area contributed by atoms with Crippen LogP contribution in [0.3, 0.4) is 0 Å². The van der Waals surface area contributed by atoms with Crippen LogP contribution in [0.1, 0.15) is 18.8 Å². The van der Waals surface area contributed by atoms with Crippen LogP contribution in [0.4, 0.5) is 15.9 Å². The molecule has 0 spiro atoms. The van der Waals surface area contributed by atoms with Crippen LogP contribution in [-0.4, -0.2) is 29.1 Å². The number of nitrogens with one attached hydrogen (secondary N) is 2. The Balaban J connectivity index is 1.70. The highest BCUT2D eigenvalue weighted by Crippen LogP contribution is 2.32. The van der Waals surface area contributed by atoms with Crippen molar-refractivity contribution in [2.45, 2.75) is 13.0 Å². The van der Waals surface area contributed by atoms with Crippen molar-refractivity contribution in [2.75, 3.05) is 5.32 Å². The quantitative estimate of drug-likeness (QED) is 0.400. The van der Waals surface area contributed by atoms with Gasteiger partial charge in [-0.15, -0.1) is 0 Å². The average Bonchev–Trinajstić information content (AvgIpc) is 3.37. The molecule has 2 N–H and O–H groups in total. The Bertz CT molecular complexity index is 1600. The van der Waals surface area contributed by atoms with Gasteiger partial charge in [0.2, 0.25) is 5.69 Å². The van der Waals surface area contributed by atoms with E-state index in [9.17, 15) is 9.18 Å². The largest absolute Gasteiger partial charge is 0.361 e. The topological polar surface area (TPSA) is 97.3 Å². The number of H-pyrrole nitrogens is 1. The predicted molar refractivity (Wildman–Crippen MR) is 118 cm³/mol. The number of hydrogen-bond donors (Lipinski definition) is 2. The van der Waals surface area contributed by atoms with Gasteiger partial charge in [0.1, 0.15) is 29.1 Å². The Labute approximate surface area is 184 Å². The molecular weight excluding hydrogens is 435 g/mol. The molecule has 0 amide bonds. The smallest absolute Gasteiger partial charge is 0.284 e. The Morgan fingerprint density at radius 3 is 2.94 bits per heavy atom. The third-order valence-electron chi connectivity index (χ3n) is 5.04. The lowest BCUT2D eigenvalue weighted by atomic mass is 10.2. The molecule has 4 aromatic heterocycles. The van der Waals surface area contributed by atoms with Crippen LogP contribution in [0.5, 0.6) is 0 Å². The van der Waals surface area contributed by atoms with E-state index in [0.717, 1.165) is 0 Å². The number of aromatic amines is 1. The number of hydrogen-bond acceptors (Lipinski definition) is 5. The molecule has 0 saturated carbocycles. The highest BCUT2D eigenvalue weighted by atomic mass is 35.5. The second-order valence-electron chi connectivity index (χ2n) is 7.03. The first-order valence-electron chi connectivity index (χ1n) is 9.49. The van der Waals surface area contributed by atoms with Gasteiger partial charge in [0.25, 0.3) is 5.56 Å². The van der Waals surface area contributed by atoms with Gasteiger partial charge in [0, 0.05) is 12.4 Å². The number of nitrogens with zero attached hydrogens (tertiary/aromatic N) is 6. The zero-order valence-corrected chi connectivity index (χ0v) is 17.3. The third kappa shape index (κ3) is 3.07. The lowest BCUT2D eigenvalue weighted by Gasteiger charge is -2.20. The fraction of sp³-hybridized carbons (Fsp3) is 0.0952. The van der Waals surface area contributed by atoms with Gasteiger partial charge in [-0.1, -0.05) is 17.7 Å². The van der Waals surface area contributed by atoms with Crippen LogP contribution in [0, 0.1) is 12.4 Å². The molecule has 0 aliphatic carbocycles. The maximum absolute atomic E-state index is 14.0. The third-order valence-corrected chi connectivity index (χ3v) is 5.34. The van der Waals surface area contributed by atoms with Gasteiger partial charge in [0.05, 0.1) is 28.7 Å². The monoisotopic (exact) mass is 448 g/mol. The normalized spacial score (nSPS) is 12.2. The molecule has 32 heavy (non-hydrogen) atoms. The number of rotatable bonds is 4. The summed E-state index contributed by atoms with van der Waals surface area (Å²) in [5, 5.41) is 8.55. The molecule has 0 aliphatic rings. The van der Waals surface area contributed by atoms with Crippen LogP contribution < -0.4 is 10.9 Å². The van der Waals surface area contributed by atoms with Gasteiger partial charge in [-0.25, -0.2) is 23.7 Å². The molecule has 0 aliphatic heterocycles. The van der Waals surface area contributed by atoms with Gasteiger partial charge in [-0.3, -0.25) is 9.36 Å². The van der Waals surface area contributed by atoms with E-state index >= 15 is 0 Å². The van der Waals surface area contributed by atoms with Gasteiger partial charge >= 0.3 is 0 Å². The van der Waals surface area contributed by atoms with Gasteiger partial charge in [0.15, 0.2) is 5.82 Å². The van der Waals surface area contributed by atoms with E-state index in [1.165, 1.54) is 33.6 Å². The van der Waals surface area contributed by atoms with E-state index in [-0.39, 0.29) is 10.5 Å². The SMILES string of the molecule is [C-]#[N+]c1c[nH]c2ncnc(NC(C)c3nn4ccc(Cl)c4c(=O)n3-c3cccc(F)c3)c12. The van der Waals surface area contributed by atoms with E-state index < -0.39 is 17.4 Å². The summed E-state index contributed by atoms with van der Waals surface area (Å²) in [6, 6.07) is 6.67. The summed E-state index contributed by atoms with van der Waals surface area (Å²) in [6.45, 7) is 9.17. The van der Waals surface area contributed by atoms with Crippen molar-refractivity contribution in [3.63, 3.8) is 0 Å². The van der Waals surface area contributed by atoms with E-state index in [1.807, 2.05) is 0 Å². The van der Waals surface area contributed by atoms with Crippen LogP contribution >= 0.6 is 11.6 Å². The van der Waals surface area contributed by atoms with Crippen molar-refractivity contribution >= 4 is 39.7 Å². The minimum absolute atomic E-state index is 0.178. The summed E-state index contributed by atoms with van der Waals surface area (Å²) >= 11 is 6.20. The lowest BCUT2D eigenvalue weighted by Crippen LogP contribution is -2.29. The number of fused-ring (bicyclic) bond motifs is 2. The Morgan fingerprint density at radius 1 is 1.31 bits per heavy atom. The van der Waals surface area contributed by atoms with Gasteiger partial charge < -0.3 is 10.3 Å². The van der Waals surface area contributed by atoms with Crippen molar-refractivity contribution in [3.05, 3.63) is 87.5 Å². The molecule has 11 heteroatoms. The van der Waals surface area contributed by atoms with Crippen LogP contribution in [-0.2, 0) is 0 Å². The standard InChI is InChI=1S/C21H14ClFN8O/c1-11(28-19-16-15(24-2)9-25-18(16)26-10-27-19)20-29-30-7-6-14(22)17(30)21(32)31(20)13-5-3-4-12(23)8-13/h3-11H,1H3,(H2,25,26,27,28). The van der Waals surface area contributed by atoms with E-state index in [2.05, 4.69) is 30.2 Å². The second-order valence-corrected chi connectivity index (χ2v) is 7.44. The summed E-state index contributed by atoms with van der Waals surface area (Å²) in [5.74, 6) is 0.210. The van der Waals surface area contributed by atoms with E-state index in [0.29, 0.717) is 34.1 Å². The first-order chi connectivity index (χ1) is 15.5. The summed E-state index contributed by atoms with van der Waals surface area (Å²) < 4.78 is 16.7. The molecule has 1 unspecified atom stereocenters. The molecule has 0 bridgehead atoms. The van der Waals surface area contributed by atoms with Crippen molar-refractivity contribution in [2.24, 2.45) is 0 Å². The van der Waals surface area contributed by atoms with Crippen LogP contribution in [0.25, 0.3) is 27.1 Å². The first-order valence-corrected chi connectivity index (χ1v) is 9.87. The predicted octanol–water partition coefficient (Wildman–Crippen LogP) is 4.27. The Kier molecular flexibility index (Phi) is 4.61.